The van der Waals surface area contributed by atoms with Gasteiger partial charge in [-0.05, 0) is 55.4 Å². The molecule has 7 atom stereocenters. The molecule has 202 valence electrons. The highest BCUT2D eigenvalue weighted by Gasteiger charge is 2.76. The molecule has 3 N–H and O–H groups in total. The fraction of sp³-hybridized carbons (Fsp3) is 0.500. The number of aliphatic hydroxyl groups is 1. The van der Waals surface area contributed by atoms with E-state index >= 15 is 0 Å². The number of nitrogens with one attached hydrogen (secondary N) is 2. The van der Waals surface area contributed by atoms with Crippen LogP contribution in [0.15, 0.2) is 48.5 Å². The molecule has 0 saturated carbocycles. The Morgan fingerprint density at radius 1 is 1.05 bits per heavy atom. The molecule has 0 radical (unpaired) electrons. The number of amides is 3. The molecule has 1 spiro atoms. The molecule has 0 aromatic heterocycles. The second-order valence-corrected chi connectivity index (χ2v) is 13.0. The number of aryl methyl sites for hydroxylation is 2. The summed E-state index contributed by atoms with van der Waals surface area (Å²) in [6.07, 6.45) is 0.758. The Hall–Kier alpha value is -2.84. The van der Waals surface area contributed by atoms with Crippen LogP contribution in [0.4, 0.5) is 11.4 Å². The van der Waals surface area contributed by atoms with Gasteiger partial charge in [0.05, 0.1) is 29.2 Å². The highest BCUT2D eigenvalue weighted by molar-refractivity contribution is 8.02. The number of aliphatic hydroxyl groups excluding tert-OH is 1. The zero-order chi connectivity index (χ0) is 27.4. The summed E-state index contributed by atoms with van der Waals surface area (Å²) in [5.41, 5.74) is 3.33. The lowest BCUT2D eigenvalue weighted by atomic mass is 9.65. The molecule has 2 aromatic carbocycles. The molecule has 3 heterocycles. The first-order chi connectivity index (χ1) is 18.1. The van der Waals surface area contributed by atoms with E-state index in [2.05, 4.69) is 17.6 Å². The minimum atomic E-state index is -0.793. The van der Waals surface area contributed by atoms with Gasteiger partial charge in [0, 0.05) is 16.6 Å². The van der Waals surface area contributed by atoms with Gasteiger partial charge in [0.15, 0.2) is 0 Å². The van der Waals surface area contributed by atoms with E-state index in [1.807, 2.05) is 76.2 Å². The Kier molecular flexibility index (Phi) is 7.07. The first-order valence-corrected chi connectivity index (χ1v) is 14.3. The van der Waals surface area contributed by atoms with E-state index in [9.17, 15) is 19.5 Å². The van der Waals surface area contributed by atoms with Crippen LogP contribution in [0.1, 0.15) is 38.3 Å². The molecule has 3 amide bonds. The van der Waals surface area contributed by atoms with Gasteiger partial charge in [0.25, 0.3) is 0 Å². The molecule has 7 nitrogen and oxygen atoms in total. The maximum atomic E-state index is 14.3. The van der Waals surface area contributed by atoms with Crippen molar-refractivity contribution in [2.24, 2.45) is 23.7 Å². The number of nitrogens with zero attached hydrogens (tertiary/aromatic N) is 1. The standard InChI is InChI=1S/C30H37N3O4S/c1-16(2)21(15-34)33-26(28(36)32-25-17(3)10-9-11-18(25)4)30-19(5)14-22(38-30)23(24(30)29(33)37)27(35)31-20-12-7-6-8-13-20/h6-13,16,19,21-24,26,34H,14-15H2,1-5H3,(H,31,35)(H,32,36)/t19?,21-,22+,23-,24-,26?,30?/m0/s1. The third-order valence-electron chi connectivity index (χ3n) is 8.82. The highest BCUT2D eigenvalue weighted by Crippen LogP contribution is 2.69. The summed E-state index contributed by atoms with van der Waals surface area (Å²) < 4.78 is -0.747. The lowest BCUT2D eigenvalue weighted by Crippen LogP contribution is -2.58. The summed E-state index contributed by atoms with van der Waals surface area (Å²) in [5.74, 6) is -1.82. The molecular formula is C30H37N3O4S. The van der Waals surface area contributed by atoms with Crippen molar-refractivity contribution in [2.75, 3.05) is 17.2 Å². The first kappa shape index (κ1) is 26.8. The number of thioether (sulfide) groups is 1. The number of benzene rings is 2. The Morgan fingerprint density at radius 3 is 2.32 bits per heavy atom. The summed E-state index contributed by atoms with van der Waals surface area (Å²) in [6, 6.07) is 13.8. The lowest BCUT2D eigenvalue weighted by molar-refractivity contribution is -0.142. The van der Waals surface area contributed by atoms with Gasteiger partial charge in [-0.3, -0.25) is 14.4 Å². The van der Waals surface area contributed by atoms with Gasteiger partial charge in [0.1, 0.15) is 6.04 Å². The zero-order valence-electron chi connectivity index (χ0n) is 22.6. The summed E-state index contributed by atoms with van der Waals surface area (Å²) >= 11 is 1.64. The normalized spacial score (nSPS) is 30.4. The van der Waals surface area contributed by atoms with Crippen LogP contribution in [0.2, 0.25) is 0 Å². The van der Waals surface area contributed by atoms with Crippen LogP contribution >= 0.6 is 11.8 Å². The molecule has 5 rings (SSSR count). The maximum absolute atomic E-state index is 14.3. The molecule has 3 unspecified atom stereocenters. The van der Waals surface area contributed by atoms with Crippen LogP contribution in [0.3, 0.4) is 0 Å². The summed E-state index contributed by atoms with van der Waals surface area (Å²) in [6.45, 7) is 9.66. The van der Waals surface area contributed by atoms with Crippen molar-refractivity contribution in [1.29, 1.82) is 0 Å². The molecule has 3 fully saturated rings. The van der Waals surface area contributed by atoms with Gasteiger partial charge < -0.3 is 20.6 Å². The largest absolute Gasteiger partial charge is 0.394 e. The quantitative estimate of drug-likeness (QED) is 0.493. The van der Waals surface area contributed by atoms with Crippen molar-refractivity contribution >= 4 is 40.9 Å². The summed E-state index contributed by atoms with van der Waals surface area (Å²) in [7, 11) is 0. The Morgan fingerprint density at radius 2 is 1.71 bits per heavy atom. The van der Waals surface area contributed by atoms with Gasteiger partial charge in [-0.25, -0.2) is 0 Å². The molecule has 3 saturated heterocycles. The van der Waals surface area contributed by atoms with Crippen molar-refractivity contribution in [3.63, 3.8) is 0 Å². The van der Waals surface area contributed by atoms with Gasteiger partial charge >= 0.3 is 0 Å². The summed E-state index contributed by atoms with van der Waals surface area (Å²) in [5, 5.41) is 16.5. The van der Waals surface area contributed by atoms with Gasteiger partial charge in [-0.2, -0.15) is 0 Å². The average Bonchev–Trinajstić information content (AvgIpc) is 3.46. The van der Waals surface area contributed by atoms with Gasteiger partial charge in [-0.1, -0.05) is 57.2 Å². The Labute approximate surface area is 228 Å². The van der Waals surface area contributed by atoms with Crippen molar-refractivity contribution in [3.8, 4) is 0 Å². The molecule has 2 bridgehead atoms. The van der Waals surface area contributed by atoms with E-state index in [0.29, 0.717) is 5.69 Å². The second kappa shape index (κ2) is 10.0. The number of carbonyl (C=O) groups excluding carboxylic acids is 3. The number of rotatable bonds is 7. The first-order valence-electron chi connectivity index (χ1n) is 13.5. The number of likely N-dealkylation sites (tertiary alicyclic amines) is 1. The lowest BCUT2D eigenvalue weighted by Gasteiger charge is -2.41. The van der Waals surface area contributed by atoms with Crippen LogP contribution in [-0.2, 0) is 14.4 Å². The van der Waals surface area contributed by atoms with Crippen molar-refractivity contribution in [2.45, 2.75) is 63.1 Å². The van der Waals surface area contributed by atoms with Crippen LogP contribution < -0.4 is 10.6 Å². The SMILES string of the molecule is Cc1cccc(C)c1NC(=O)C1N([C@@H](CO)C(C)C)C(=O)[C@@H]2[C@@H](C(=O)Nc3ccccc3)[C@H]3CC(C)C12S3. The highest BCUT2D eigenvalue weighted by atomic mass is 32.2. The van der Waals surface area contributed by atoms with E-state index < -0.39 is 28.7 Å². The minimum absolute atomic E-state index is 0.0491. The Bertz CT molecular complexity index is 1230. The summed E-state index contributed by atoms with van der Waals surface area (Å²) in [4.78, 5) is 43.9. The topological polar surface area (TPSA) is 98.7 Å². The fourth-order valence-electron chi connectivity index (χ4n) is 6.99. The van der Waals surface area contributed by atoms with Crippen molar-refractivity contribution in [3.05, 3.63) is 59.7 Å². The number of anilines is 2. The minimum Gasteiger partial charge on any atom is -0.394 e. The van der Waals surface area contributed by atoms with E-state index in [1.165, 1.54) is 0 Å². The van der Waals surface area contributed by atoms with Crippen LogP contribution in [0.5, 0.6) is 0 Å². The predicted octanol–water partition coefficient (Wildman–Crippen LogP) is 4.23. The number of fused-ring (bicyclic) bond motifs is 1. The van der Waals surface area contributed by atoms with Crippen LogP contribution in [0, 0.1) is 37.5 Å². The number of para-hydroxylation sites is 2. The molecular weight excluding hydrogens is 498 g/mol. The molecule has 0 aliphatic carbocycles. The number of hydrogen-bond acceptors (Lipinski definition) is 5. The monoisotopic (exact) mass is 535 g/mol. The second-order valence-electron chi connectivity index (χ2n) is 11.4. The number of carbonyl (C=O) groups is 3. The van der Waals surface area contributed by atoms with Gasteiger partial charge in [0.2, 0.25) is 17.7 Å². The van der Waals surface area contributed by atoms with E-state index in [1.54, 1.807) is 16.7 Å². The van der Waals surface area contributed by atoms with E-state index in [0.717, 1.165) is 23.2 Å². The Balaban J connectivity index is 1.57. The van der Waals surface area contributed by atoms with E-state index in [-0.39, 0.29) is 41.4 Å². The van der Waals surface area contributed by atoms with Crippen molar-refractivity contribution in [1.82, 2.24) is 4.90 Å². The van der Waals surface area contributed by atoms with Crippen LogP contribution in [-0.4, -0.2) is 56.4 Å². The number of hydrogen-bond donors (Lipinski definition) is 3. The maximum Gasteiger partial charge on any atom is 0.248 e. The predicted molar refractivity (Wildman–Crippen MR) is 151 cm³/mol. The third-order valence-corrected chi connectivity index (χ3v) is 10.9. The van der Waals surface area contributed by atoms with E-state index in [4.69, 9.17) is 0 Å². The third kappa shape index (κ3) is 4.04. The molecule has 3 aliphatic heterocycles. The van der Waals surface area contributed by atoms with Gasteiger partial charge in [-0.15, -0.1) is 11.8 Å². The molecule has 8 heteroatoms. The molecule has 2 aromatic rings. The van der Waals surface area contributed by atoms with Crippen molar-refractivity contribution < 1.29 is 19.5 Å². The average molecular weight is 536 g/mol. The zero-order valence-corrected chi connectivity index (χ0v) is 23.4. The smallest absolute Gasteiger partial charge is 0.248 e. The fourth-order valence-corrected chi connectivity index (χ4v) is 9.40. The molecule has 38 heavy (non-hydrogen) atoms. The molecule has 3 aliphatic rings. The van der Waals surface area contributed by atoms with Crippen LogP contribution in [0.25, 0.3) is 0 Å².